The highest BCUT2D eigenvalue weighted by Gasteiger charge is 2.40. The number of rotatable bonds is 13. The number of hydrogen-bond acceptors (Lipinski definition) is 12. The van der Waals surface area contributed by atoms with Gasteiger partial charge in [-0.25, -0.2) is 0 Å². The van der Waals surface area contributed by atoms with Crippen molar-refractivity contribution in [2.45, 2.75) is 31.9 Å². The van der Waals surface area contributed by atoms with E-state index in [0.29, 0.717) is 75.1 Å². The molecule has 0 fully saturated rings. The molecule has 2 aliphatic rings. The van der Waals surface area contributed by atoms with Gasteiger partial charge >= 0.3 is 0 Å². The molecule has 0 saturated carbocycles. The number of Topliss-reactive ketones (excluding diaryl/α,β-unsaturated/α-hetero) is 1. The van der Waals surface area contributed by atoms with Gasteiger partial charge in [0, 0.05) is 64.4 Å². The maximum Gasteiger partial charge on any atom is 0.194 e. The van der Waals surface area contributed by atoms with Gasteiger partial charge in [-0.3, -0.25) is 14.4 Å². The van der Waals surface area contributed by atoms with E-state index in [1.165, 1.54) is 40.4 Å². The van der Waals surface area contributed by atoms with Gasteiger partial charge in [0.1, 0.15) is 23.4 Å². The molecule has 0 heterocycles. The van der Waals surface area contributed by atoms with Crippen LogP contribution >= 0.6 is 0 Å². The van der Waals surface area contributed by atoms with E-state index in [4.69, 9.17) is 24.1 Å². The molecule has 12 nitrogen and oxygen atoms in total. The van der Waals surface area contributed by atoms with Crippen LogP contribution in [-0.2, 0) is 9.53 Å². The number of benzene rings is 4. The average molecular weight is 647 g/mol. The Hall–Kier alpha value is -4.33. The predicted molar refractivity (Wildman–Crippen MR) is 177 cm³/mol. The Morgan fingerprint density at radius 2 is 1.51 bits per heavy atom. The molecular weight excluding hydrogens is 608 g/mol. The fourth-order valence-corrected chi connectivity index (χ4v) is 7.49. The van der Waals surface area contributed by atoms with E-state index in [1.807, 2.05) is 6.08 Å². The summed E-state index contributed by atoms with van der Waals surface area (Å²) in [6.07, 6.45) is 0.553. The van der Waals surface area contributed by atoms with Gasteiger partial charge in [0.05, 0.1) is 58.5 Å². The number of aliphatic hydroxyl groups is 2. The van der Waals surface area contributed by atoms with Crippen LogP contribution in [0.25, 0.3) is 37.9 Å². The first-order valence-corrected chi connectivity index (χ1v) is 15.4. The Bertz CT molecular complexity index is 2130. The number of hydrogen-bond donors (Lipinski definition) is 5. The summed E-state index contributed by atoms with van der Waals surface area (Å²) >= 11 is 0. The van der Waals surface area contributed by atoms with Crippen molar-refractivity contribution in [1.82, 2.24) is 10.6 Å². The van der Waals surface area contributed by atoms with Crippen LogP contribution in [-0.4, -0.2) is 87.9 Å². The minimum Gasteiger partial charge on any atom is -0.504 e. The number of carbonyl (C=O) groups is 1. The van der Waals surface area contributed by atoms with Gasteiger partial charge in [-0.1, -0.05) is 11.6 Å². The number of phenolic OH excluding ortho intramolecular Hbond substituents is 1. The van der Waals surface area contributed by atoms with Crippen molar-refractivity contribution in [2.75, 3.05) is 60.8 Å². The van der Waals surface area contributed by atoms with Gasteiger partial charge in [0.25, 0.3) is 0 Å². The second kappa shape index (κ2) is 12.7. The number of ether oxygens (including phenoxy) is 4. The monoisotopic (exact) mass is 646 g/mol. The van der Waals surface area contributed by atoms with Crippen molar-refractivity contribution in [2.24, 2.45) is 0 Å². The van der Waals surface area contributed by atoms with Crippen molar-refractivity contribution in [3.63, 3.8) is 0 Å². The molecule has 4 aromatic rings. The first kappa shape index (κ1) is 32.6. The van der Waals surface area contributed by atoms with Crippen LogP contribution in [0.5, 0.6) is 23.0 Å². The molecule has 248 valence electrons. The van der Waals surface area contributed by atoms with Crippen LogP contribution in [0.4, 0.5) is 0 Å². The van der Waals surface area contributed by atoms with Gasteiger partial charge in [0.2, 0.25) is 0 Å². The quantitative estimate of drug-likeness (QED) is 0.0798. The molecule has 5 N–H and O–H groups in total. The lowest BCUT2D eigenvalue weighted by Gasteiger charge is -2.32. The standard InChI is InChI=1S/C35H38N2O10/c1-15-12-17-23-28-24(33(42)32(17)37-7-6-36-8-10-47-11-9-38)18(40)13-20(44-3)26(28)27-21(45-4)14-19(41)25-30(27)29(23)31(22(15)16(2)39)35(46-5)34(25)43/h12-14,22,32-33,36-38,42-43H,6-11H2,1-5H3. The molecule has 0 amide bonds. The van der Waals surface area contributed by atoms with Crippen molar-refractivity contribution in [1.29, 1.82) is 0 Å². The highest BCUT2D eigenvalue weighted by Crippen LogP contribution is 2.52. The van der Waals surface area contributed by atoms with Gasteiger partial charge in [0.15, 0.2) is 22.4 Å². The van der Waals surface area contributed by atoms with Crippen LogP contribution in [0.3, 0.4) is 0 Å². The number of ketones is 1. The van der Waals surface area contributed by atoms with Gasteiger partial charge in [-0.2, -0.15) is 0 Å². The maximum absolute atomic E-state index is 13.9. The van der Waals surface area contributed by atoms with Crippen molar-refractivity contribution in [3.8, 4) is 23.0 Å². The Labute approximate surface area is 269 Å². The van der Waals surface area contributed by atoms with Crippen molar-refractivity contribution in [3.05, 3.63) is 60.6 Å². The fourth-order valence-electron chi connectivity index (χ4n) is 7.49. The molecule has 12 heteroatoms. The van der Waals surface area contributed by atoms with Crippen molar-refractivity contribution >= 4 is 43.7 Å². The summed E-state index contributed by atoms with van der Waals surface area (Å²) < 4.78 is 22.6. The lowest BCUT2D eigenvalue weighted by atomic mass is 9.78. The molecular formula is C35H38N2O10. The van der Waals surface area contributed by atoms with Crippen LogP contribution in [0.1, 0.15) is 37.0 Å². The Morgan fingerprint density at radius 1 is 0.851 bits per heavy atom. The van der Waals surface area contributed by atoms with E-state index in [1.54, 1.807) is 6.92 Å². The number of aromatic hydroxyl groups is 1. The van der Waals surface area contributed by atoms with Crippen LogP contribution < -0.4 is 40.9 Å². The summed E-state index contributed by atoms with van der Waals surface area (Å²) in [5.74, 6) is -1.12. The summed E-state index contributed by atoms with van der Waals surface area (Å²) in [6.45, 7) is 5.30. The third kappa shape index (κ3) is 4.90. The van der Waals surface area contributed by atoms with Crippen LogP contribution in [0.2, 0.25) is 0 Å². The second-order valence-electron chi connectivity index (χ2n) is 11.8. The molecule has 0 aliphatic heterocycles. The molecule has 0 bridgehead atoms. The van der Waals surface area contributed by atoms with E-state index < -0.39 is 34.7 Å². The SMILES string of the molecule is COc1c(O)c2c(=O)cc(OC)c3c4c(OC)cc(=O)c5c4c4c(c1C(C(C)=O)C(C)=CC=4C(NCCNCCOCCO)C5O)c23. The number of nitrogens with one attached hydrogen (secondary N) is 2. The number of carbonyl (C=O) groups excluding carboxylic acids is 1. The highest BCUT2D eigenvalue weighted by atomic mass is 16.5. The Balaban J connectivity index is 1.77. The van der Waals surface area contributed by atoms with Gasteiger partial charge < -0.3 is 44.9 Å². The summed E-state index contributed by atoms with van der Waals surface area (Å²) in [7, 11) is 4.22. The first-order chi connectivity index (χ1) is 22.6. The largest absolute Gasteiger partial charge is 0.504 e. The summed E-state index contributed by atoms with van der Waals surface area (Å²) in [5.41, 5.74) is 0.789. The first-order valence-electron chi connectivity index (χ1n) is 15.4. The smallest absolute Gasteiger partial charge is 0.194 e. The summed E-state index contributed by atoms with van der Waals surface area (Å²) in [6, 6.07) is 1.79. The second-order valence-corrected chi connectivity index (χ2v) is 11.8. The lowest BCUT2D eigenvalue weighted by molar-refractivity contribution is -0.117. The Morgan fingerprint density at radius 3 is 2.15 bits per heavy atom. The topological polar surface area (TPSA) is 173 Å². The molecule has 0 saturated heterocycles. The zero-order valence-electron chi connectivity index (χ0n) is 26.9. The zero-order valence-corrected chi connectivity index (χ0v) is 26.9. The van der Waals surface area contributed by atoms with E-state index in [2.05, 4.69) is 10.6 Å². The third-order valence-electron chi connectivity index (χ3n) is 9.25. The molecule has 0 aromatic heterocycles. The van der Waals surface area contributed by atoms with E-state index in [-0.39, 0.29) is 47.2 Å². The highest BCUT2D eigenvalue weighted by molar-refractivity contribution is 6.29. The minimum absolute atomic E-state index is 0.0130. The van der Waals surface area contributed by atoms with Gasteiger partial charge in [-0.05, 0) is 30.0 Å². The summed E-state index contributed by atoms with van der Waals surface area (Å²) in [4.78, 5) is 41.1. The van der Waals surface area contributed by atoms with E-state index in [0.717, 1.165) is 0 Å². The molecule has 0 radical (unpaired) electrons. The Kier molecular flexibility index (Phi) is 8.81. The predicted octanol–water partition coefficient (Wildman–Crippen LogP) is 1.14. The van der Waals surface area contributed by atoms with Gasteiger partial charge in [-0.15, -0.1) is 0 Å². The fraction of sp³-hybridized carbons (Fsp3) is 0.400. The zero-order chi connectivity index (χ0) is 33.7. The average Bonchev–Trinajstić information content (AvgIpc) is 3.17. The number of allylic oxidation sites excluding steroid dienone is 1. The third-order valence-corrected chi connectivity index (χ3v) is 9.25. The molecule has 2 aliphatic carbocycles. The van der Waals surface area contributed by atoms with Crippen molar-refractivity contribution < 1.29 is 39.1 Å². The minimum atomic E-state index is -1.30. The molecule has 0 spiro atoms. The molecule has 47 heavy (non-hydrogen) atoms. The lowest BCUT2D eigenvalue weighted by Crippen LogP contribution is -2.45. The summed E-state index contributed by atoms with van der Waals surface area (Å²) in [5, 5.41) is 41.8. The number of methoxy groups -OCH3 is 3. The van der Waals surface area contributed by atoms with E-state index >= 15 is 0 Å². The van der Waals surface area contributed by atoms with Crippen LogP contribution in [0.15, 0.2) is 33.4 Å². The number of fused-ring (bicyclic) bond motifs is 1. The van der Waals surface area contributed by atoms with Crippen LogP contribution in [0, 0.1) is 0 Å². The molecule has 4 aromatic carbocycles. The number of phenols is 1. The molecule has 3 unspecified atom stereocenters. The maximum atomic E-state index is 13.9. The normalized spacial score (nSPS) is 18.7. The number of aliphatic hydroxyl groups excluding tert-OH is 2. The molecule has 3 atom stereocenters. The van der Waals surface area contributed by atoms with E-state index in [9.17, 15) is 24.6 Å². The molecule has 6 rings (SSSR count).